The van der Waals surface area contributed by atoms with Crippen molar-refractivity contribution in [3.63, 3.8) is 0 Å². The maximum absolute atomic E-state index is 5.61. The van der Waals surface area contributed by atoms with E-state index in [0.29, 0.717) is 6.04 Å². The quantitative estimate of drug-likeness (QED) is 0.782. The van der Waals surface area contributed by atoms with Crippen molar-refractivity contribution in [1.29, 1.82) is 0 Å². The van der Waals surface area contributed by atoms with Gasteiger partial charge in [0.2, 0.25) is 0 Å². The lowest BCUT2D eigenvalue weighted by Crippen LogP contribution is -2.28. The van der Waals surface area contributed by atoms with Crippen molar-refractivity contribution < 1.29 is 4.74 Å². The van der Waals surface area contributed by atoms with Gasteiger partial charge in [-0.15, -0.1) is 10.2 Å². The second kappa shape index (κ2) is 4.45. The second-order valence-corrected chi connectivity index (χ2v) is 5.02. The lowest BCUT2D eigenvalue weighted by Gasteiger charge is -2.26. The molecule has 0 radical (unpaired) electrons. The Morgan fingerprint density at radius 1 is 1.50 bits per heavy atom. The van der Waals surface area contributed by atoms with Crippen LogP contribution < -0.4 is 0 Å². The van der Waals surface area contributed by atoms with Crippen LogP contribution in [0.4, 0.5) is 0 Å². The van der Waals surface area contributed by atoms with Gasteiger partial charge in [0.1, 0.15) is 11.4 Å². The molecule has 1 fully saturated rings. The van der Waals surface area contributed by atoms with Gasteiger partial charge in [0, 0.05) is 13.2 Å². The topological polar surface area (TPSA) is 39.9 Å². The molecule has 90 valence electrons. The van der Waals surface area contributed by atoms with Gasteiger partial charge < -0.3 is 9.30 Å². The summed E-state index contributed by atoms with van der Waals surface area (Å²) in [6.45, 7) is 4.19. The fourth-order valence-electron chi connectivity index (χ4n) is 1.89. The van der Waals surface area contributed by atoms with Gasteiger partial charge in [-0.3, -0.25) is 0 Å². The zero-order valence-corrected chi connectivity index (χ0v) is 11.6. The van der Waals surface area contributed by atoms with Crippen LogP contribution in [0, 0.1) is 0 Å². The molecule has 1 aromatic rings. The van der Waals surface area contributed by atoms with Crippen LogP contribution in [-0.4, -0.2) is 21.9 Å². The van der Waals surface area contributed by atoms with Gasteiger partial charge in [-0.25, -0.2) is 0 Å². The van der Waals surface area contributed by atoms with Crippen LogP contribution >= 0.6 is 15.9 Å². The third-order valence-corrected chi connectivity index (χ3v) is 3.90. The minimum absolute atomic E-state index is 0.323. The zero-order chi connectivity index (χ0) is 11.8. The Kier molecular flexibility index (Phi) is 3.35. The first kappa shape index (κ1) is 12.0. The predicted molar refractivity (Wildman–Crippen MR) is 65.6 cm³/mol. The molecule has 1 unspecified atom stereocenters. The highest BCUT2D eigenvalue weighted by Crippen LogP contribution is 2.40. The van der Waals surface area contributed by atoms with Crippen LogP contribution in [0.2, 0.25) is 0 Å². The number of rotatable bonds is 5. The average molecular weight is 288 g/mol. The maximum Gasteiger partial charge on any atom is 0.165 e. The van der Waals surface area contributed by atoms with E-state index in [1.54, 1.807) is 7.11 Å². The fourth-order valence-corrected chi connectivity index (χ4v) is 2.27. The number of aromatic nitrogens is 3. The van der Waals surface area contributed by atoms with Gasteiger partial charge in [0.05, 0.1) is 5.33 Å². The molecular weight excluding hydrogens is 270 g/mol. The van der Waals surface area contributed by atoms with Crippen molar-refractivity contribution in [3.05, 3.63) is 11.6 Å². The SMILES string of the molecule is CCC(C)(OC)c1nnc(CBr)n1C1CC1. The number of hydrogen-bond acceptors (Lipinski definition) is 3. The molecule has 0 aromatic carbocycles. The number of nitrogens with zero attached hydrogens (tertiary/aromatic N) is 3. The van der Waals surface area contributed by atoms with Gasteiger partial charge in [-0.1, -0.05) is 22.9 Å². The molecular formula is C11H18BrN3O. The van der Waals surface area contributed by atoms with Crippen LogP contribution in [-0.2, 0) is 15.7 Å². The first-order valence-corrected chi connectivity index (χ1v) is 6.83. The molecule has 16 heavy (non-hydrogen) atoms. The lowest BCUT2D eigenvalue weighted by atomic mass is 10.0. The van der Waals surface area contributed by atoms with Gasteiger partial charge >= 0.3 is 0 Å². The Hall–Kier alpha value is -0.420. The molecule has 0 saturated heterocycles. The fraction of sp³-hybridized carbons (Fsp3) is 0.818. The standard InChI is InChI=1S/C11H18BrN3O/c1-4-11(2,16-3)10-14-13-9(7-12)15(10)8-5-6-8/h8H,4-7H2,1-3H3. The highest BCUT2D eigenvalue weighted by molar-refractivity contribution is 9.08. The molecule has 2 rings (SSSR count). The third kappa shape index (κ3) is 1.91. The van der Waals surface area contributed by atoms with E-state index in [9.17, 15) is 0 Å². The van der Waals surface area contributed by atoms with Crippen molar-refractivity contribution in [2.24, 2.45) is 0 Å². The van der Waals surface area contributed by atoms with E-state index >= 15 is 0 Å². The molecule has 1 aliphatic carbocycles. The first-order chi connectivity index (χ1) is 7.66. The highest BCUT2D eigenvalue weighted by Gasteiger charge is 2.37. The van der Waals surface area contributed by atoms with Crippen LogP contribution in [0.25, 0.3) is 0 Å². The van der Waals surface area contributed by atoms with E-state index in [1.807, 2.05) is 0 Å². The molecule has 0 bridgehead atoms. The van der Waals surface area contributed by atoms with E-state index in [-0.39, 0.29) is 5.60 Å². The molecule has 1 atom stereocenters. The molecule has 1 aromatic heterocycles. The summed E-state index contributed by atoms with van der Waals surface area (Å²) in [7, 11) is 1.74. The van der Waals surface area contributed by atoms with Crippen LogP contribution in [0.3, 0.4) is 0 Å². The van der Waals surface area contributed by atoms with Gasteiger partial charge in [0.25, 0.3) is 0 Å². The summed E-state index contributed by atoms with van der Waals surface area (Å²) < 4.78 is 7.86. The summed E-state index contributed by atoms with van der Waals surface area (Å²) in [5.74, 6) is 1.98. The number of halogens is 1. The van der Waals surface area contributed by atoms with E-state index < -0.39 is 0 Å². The molecule has 0 aliphatic heterocycles. The van der Waals surface area contributed by atoms with Crippen molar-refractivity contribution in [2.75, 3.05) is 7.11 Å². The molecule has 0 amide bonds. The molecule has 1 heterocycles. The Morgan fingerprint density at radius 3 is 2.62 bits per heavy atom. The minimum Gasteiger partial charge on any atom is -0.371 e. The summed E-state index contributed by atoms with van der Waals surface area (Å²) >= 11 is 3.46. The average Bonchev–Trinajstić information content (AvgIpc) is 3.07. The summed E-state index contributed by atoms with van der Waals surface area (Å²) in [5.41, 5.74) is -0.323. The Balaban J connectivity index is 2.43. The predicted octanol–water partition coefficient (Wildman–Crippen LogP) is 2.78. The lowest BCUT2D eigenvalue weighted by molar-refractivity contribution is -0.0122. The zero-order valence-electron chi connectivity index (χ0n) is 10.0. The number of methoxy groups -OCH3 is 1. The van der Waals surface area contributed by atoms with Crippen molar-refractivity contribution in [2.45, 2.75) is 50.1 Å². The van der Waals surface area contributed by atoms with Crippen molar-refractivity contribution >= 4 is 15.9 Å². The summed E-state index contributed by atoms with van der Waals surface area (Å²) in [6, 6.07) is 0.582. The smallest absolute Gasteiger partial charge is 0.165 e. The molecule has 1 aliphatic rings. The highest BCUT2D eigenvalue weighted by atomic mass is 79.9. The van der Waals surface area contributed by atoms with Crippen LogP contribution in [0.5, 0.6) is 0 Å². The Bertz CT molecular complexity index is 369. The molecule has 0 N–H and O–H groups in total. The Labute approximate surface area is 105 Å². The second-order valence-electron chi connectivity index (χ2n) is 4.46. The number of alkyl halides is 1. The van der Waals surface area contributed by atoms with Crippen molar-refractivity contribution in [3.8, 4) is 0 Å². The number of hydrogen-bond donors (Lipinski definition) is 0. The van der Waals surface area contributed by atoms with E-state index in [4.69, 9.17) is 4.74 Å². The van der Waals surface area contributed by atoms with Gasteiger partial charge in [-0.05, 0) is 26.2 Å². The molecule has 0 spiro atoms. The van der Waals surface area contributed by atoms with Crippen LogP contribution in [0.15, 0.2) is 0 Å². The Morgan fingerprint density at radius 2 is 2.19 bits per heavy atom. The van der Waals surface area contributed by atoms with E-state index in [1.165, 1.54) is 12.8 Å². The van der Waals surface area contributed by atoms with Crippen molar-refractivity contribution in [1.82, 2.24) is 14.8 Å². The monoisotopic (exact) mass is 287 g/mol. The molecule has 4 nitrogen and oxygen atoms in total. The molecule has 1 saturated carbocycles. The number of ether oxygens (including phenoxy) is 1. The normalized spacial score (nSPS) is 19.8. The summed E-state index contributed by atoms with van der Waals surface area (Å²) in [6.07, 6.45) is 3.36. The largest absolute Gasteiger partial charge is 0.371 e. The summed E-state index contributed by atoms with van der Waals surface area (Å²) in [5, 5.41) is 9.31. The van der Waals surface area contributed by atoms with E-state index in [2.05, 4.69) is 44.5 Å². The van der Waals surface area contributed by atoms with E-state index in [0.717, 1.165) is 23.4 Å². The summed E-state index contributed by atoms with van der Waals surface area (Å²) in [4.78, 5) is 0. The first-order valence-electron chi connectivity index (χ1n) is 5.71. The van der Waals surface area contributed by atoms with Crippen LogP contribution in [0.1, 0.15) is 50.8 Å². The third-order valence-electron chi connectivity index (χ3n) is 3.40. The van der Waals surface area contributed by atoms with Gasteiger partial charge in [-0.2, -0.15) is 0 Å². The maximum atomic E-state index is 5.61. The van der Waals surface area contributed by atoms with Gasteiger partial charge in [0.15, 0.2) is 5.82 Å². The minimum atomic E-state index is -0.323. The molecule has 5 heteroatoms.